The standard InChI is InChI=1S/C19H24N2O2/c1-23-15-9-8-14-21(16-17-10-4-2-5-11-17)19(22)20-18-12-6-3-7-13-18/h2-7,10-13H,8-9,14-16H2,1H3,(H,20,22). The van der Waals surface area contributed by atoms with Crippen LogP contribution in [-0.4, -0.2) is 31.2 Å². The summed E-state index contributed by atoms with van der Waals surface area (Å²) in [4.78, 5) is 14.4. The smallest absolute Gasteiger partial charge is 0.322 e. The molecule has 122 valence electrons. The highest BCUT2D eigenvalue weighted by Crippen LogP contribution is 2.11. The zero-order chi connectivity index (χ0) is 16.3. The minimum atomic E-state index is -0.0718. The van der Waals surface area contributed by atoms with E-state index in [4.69, 9.17) is 4.74 Å². The number of rotatable bonds is 8. The Bertz CT molecular complexity index is 572. The lowest BCUT2D eigenvalue weighted by molar-refractivity contribution is 0.182. The monoisotopic (exact) mass is 312 g/mol. The highest BCUT2D eigenvalue weighted by Gasteiger charge is 2.13. The van der Waals surface area contributed by atoms with Crippen LogP contribution in [-0.2, 0) is 11.3 Å². The first-order chi connectivity index (χ1) is 11.3. The van der Waals surface area contributed by atoms with Crippen molar-refractivity contribution in [3.8, 4) is 0 Å². The summed E-state index contributed by atoms with van der Waals surface area (Å²) < 4.78 is 5.08. The largest absolute Gasteiger partial charge is 0.385 e. The van der Waals surface area contributed by atoms with Gasteiger partial charge in [-0.3, -0.25) is 0 Å². The minimum absolute atomic E-state index is 0.0718. The number of unbranched alkanes of at least 4 members (excludes halogenated alkanes) is 1. The molecule has 0 radical (unpaired) electrons. The number of urea groups is 1. The maximum atomic E-state index is 12.6. The maximum Gasteiger partial charge on any atom is 0.322 e. The molecule has 0 saturated heterocycles. The van der Waals surface area contributed by atoms with Crippen LogP contribution in [0.3, 0.4) is 0 Å². The second kappa shape index (κ2) is 9.64. The fourth-order valence-corrected chi connectivity index (χ4v) is 2.33. The predicted molar refractivity (Wildman–Crippen MR) is 93.4 cm³/mol. The summed E-state index contributed by atoms with van der Waals surface area (Å²) >= 11 is 0. The van der Waals surface area contributed by atoms with Gasteiger partial charge in [-0.05, 0) is 30.5 Å². The molecule has 2 aromatic carbocycles. The Kier molecular flexibility index (Phi) is 7.14. The van der Waals surface area contributed by atoms with Gasteiger partial charge in [0.2, 0.25) is 0 Å². The van der Waals surface area contributed by atoms with Crippen molar-refractivity contribution in [3.63, 3.8) is 0 Å². The molecule has 0 unspecified atom stereocenters. The van der Waals surface area contributed by atoms with Crippen LogP contribution in [0, 0.1) is 0 Å². The highest BCUT2D eigenvalue weighted by molar-refractivity contribution is 5.89. The van der Waals surface area contributed by atoms with E-state index in [2.05, 4.69) is 5.32 Å². The molecule has 2 rings (SSSR count). The Morgan fingerprint density at radius 1 is 1.00 bits per heavy atom. The van der Waals surface area contributed by atoms with E-state index in [-0.39, 0.29) is 6.03 Å². The van der Waals surface area contributed by atoms with Gasteiger partial charge in [0.05, 0.1) is 0 Å². The van der Waals surface area contributed by atoms with Crippen LogP contribution >= 0.6 is 0 Å². The summed E-state index contributed by atoms with van der Waals surface area (Å²) in [6.07, 6.45) is 1.86. The van der Waals surface area contributed by atoms with E-state index in [1.165, 1.54) is 0 Å². The molecule has 23 heavy (non-hydrogen) atoms. The quantitative estimate of drug-likeness (QED) is 0.744. The van der Waals surface area contributed by atoms with Crippen molar-refractivity contribution in [3.05, 3.63) is 66.2 Å². The maximum absolute atomic E-state index is 12.6. The SMILES string of the molecule is COCCCCN(Cc1ccccc1)C(=O)Nc1ccccc1. The van der Waals surface area contributed by atoms with Gasteiger partial charge in [0.1, 0.15) is 0 Å². The molecule has 0 aliphatic rings. The normalized spacial score (nSPS) is 10.3. The Labute approximate surface area is 138 Å². The van der Waals surface area contributed by atoms with Crippen LogP contribution in [0.25, 0.3) is 0 Å². The molecule has 0 saturated carbocycles. The number of hydrogen-bond donors (Lipinski definition) is 1. The first-order valence-electron chi connectivity index (χ1n) is 7.93. The van der Waals surface area contributed by atoms with E-state index >= 15 is 0 Å². The van der Waals surface area contributed by atoms with Crippen molar-refractivity contribution < 1.29 is 9.53 Å². The number of carbonyl (C=O) groups is 1. The Hall–Kier alpha value is -2.33. The van der Waals surface area contributed by atoms with Crippen molar-refractivity contribution in [1.29, 1.82) is 0 Å². The molecule has 0 fully saturated rings. The Balaban J connectivity index is 1.98. The molecule has 0 aliphatic heterocycles. The number of nitrogens with zero attached hydrogens (tertiary/aromatic N) is 1. The molecule has 2 amide bonds. The summed E-state index contributed by atoms with van der Waals surface area (Å²) in [7, 11) is 1.70. The van der Waals surface area contributed by atoms with Crippen molar-refractivity contribution in [2.45, 2.75) is 19.4 Å². The third kappa shape index (κ3) is 6.12. The molecule has 0 aromatic heterocycles. The lowest BCUT2D eigenvalue weighted by atomic mass is 10.2. The minimum Gasteiger partial charge on any atom is -0.385 e. The van der Waals surface area contributed by atoms with Gasteiger partial charge in [0.15, 0.2) is 0 Å². The third-order valence-electron chi connectivity index (χ3n) is 3.56. The molecule has 4 heteroatoms. The number of carbonyl (C=O) groups excluding carboxylic acids is 1. The number of benzene rings is 2. The van der Waals surface area contributed by atoms with Gasteiger partial charge in [0, 0.05) is 32.5 Å². The molecule has 0 spiro atoms. The van der Waals surface area contributed by atoms with Crippen LogP contribution < -0.4 is 5.32 Å². The zero-order valence-corrected chi connectivity index (χ0v) is 13.6. The Morgan fingerprint density at radius 3 is 2.30 bits per heavy atom. The van der Waals surface area contributed by atoms with Crippen LogP contribution in [0.4, 0.5) is 10.5 Å². The second-order valence-corrected chi connectivity index (χ2v) is 5.40. The fourth-order valence-electron chi connectivity index (χ4n) is 2.33. The molecular weight excluding hydrogens is 288 g/mol. The first kappa shape index (κ1) is 17.0. The summed E-state index contributed by atoms with van der Waals surface area (Å²) in [5, 5.41) is 2.96. The van der Waals surface area contributed by atoms with Gasteiger partial charge in [-0.15, -0.1) is 0 Å². The van der Waals surface area contributed by atoms with Gasteiger partial charge in [-0.2, -0.15) is 0 Å². The number of anilines is 1. The summed E-state index contributed by atoms with van der Waals surface area (Å²) in [6.45, 7) is 2.03. The van der Waals surface area contributed by atoms with E-state index in [0.29, 0.717) is 13.1 Å². The Morgan fingerprint density at radius 2 is 1.65 bits per heavy atom. The van der Waals surface area contributed by atoms with Gasteiger partial charge < -0.3 is 15.0 Å². The molecule has 2 aromatic rings. The van der Waals surface area contributed by atoms with Gasteiger partial charge in [-0.1, -0.05) is 48.5 Å². The summed E-state index contributed by atoms with van der Waals surface area (Å²) in [6, 6.07) is 19.5. The zero-order valence-electron chi connectivity index (χ0n) is 13.6. The molecule has 1 N–H and O–H groups in total. The van der Waals surface area contributed by atoms with E-state index in [1.807, 2.05) is 65.6 Å². The van der Waals surface area contributed by atoms with Crippen LogP contribution in [0.1, 0.15) is 18.4 Å². The van der Waals surface area contributed by atoms with Crippen LogP contribution in [0.5, 0.6) is 0 Å². The molecule has 0 atom stereocenters. The van der Waals surface area contributed by atoms with Crippen molar-refractivity contribution >= 4 is 11.7 Å². The third-order valence-corrected chi connectivity index (χ3v) is 3.56. The van der Waals surface area contributed by atoms with Crippen molar-refractivity contribution in [1.82, 2.24) is 4.90 Å². The molecule has 0 heterocycles. The van der Waals surface area contributed by atoms with Crippen molar-refractivity contribution in [2.24, 2.45) is 0 Å². The first-order valence-corrected chi connectivity index (χ1v) is 7.93. The lowest BCUT2D eigenvalue weighted by Gasteiger charge is -2.23. The molecule has 4 nitrogen and oxygen atoms in total. The highest BCUT2D eigenvalue weighted by atomic mass is 16.5. The van der Waals surface area contributed by atoms with Crippen molar-refractivity contribution in [2.75, 3.05) is 25.6 Å². The lowest BCUT2D eigenvalue weighted by Crippen LogP contribution is -2.35. The van der Waals surface area contributed by atoms with E-state index < -0.39 is 0 Å². The average Bonchev–Trinajstić information content (AvgIpc) is 2.59. The molecular formula is C19H24N2O2. The summed E-state index contributed by atoms with van der Waals surface area (Å²) in [5.41, 5.74) is 1.94. The van der Waals surface area contributed by atoms with Gasteiger partial charge in [0.25, 0.3) is 0 Å². The van der Waals surface area contributed by atoms with E-state index in [1.54, 1.807) is 7.11 Å². The summed E-state index contributed by atoms with van der Waals surface area (Å²) in [5.74, 6) is 0. The number of para-hydroxylation sites is 1. The van der Waals surface area contributed by atoms with Crippen LogP contribution in [0.2, 0.25) is 0 Å². The fraction of sp³-hybridized carbons (Fsp3) is 0.316. The van der Waals surface area contributed by atoms with E-state index in [9.17, 15) is 4.79 Å². The average molecular weight is 312 g/mol. The van der Waals surface area contributed by atoms with Gasteiger partial charge >= 0.3 is 6.03 Å². The number of ether oxygens (including phenoxy) is 1. The second-order valence-electron chi connectivity index (χ2n) is 5.40. The number of methoxy groups -OCH3 is 1. The van der Waals surface area contributed by atoms with E-state index in [0.717, 1.165) is 30.7 Å². The van der Waals surface area contributed by atoms with Gasteiger partial charge in [-0.25, -0.2) is 4.79 Å². The topological polar surface area (TPSA) is 41.6 Å². The molecule has 0 aliphatic carbocycles. The number of nitrogens with one attached hydrogen (secondary N) is 1. The van der Waals surface area contributed by atoms with Crippen LogP contribution in [0.15, 0.2) is 60.7 Å². The molecule has 0 bridgehead atoms. The number of hydrogen-bond acceptors (Lipinski definition) is 2. The predicted octanol–water partition coefficient (Wildman–Crippen LogP) is 4.15. The number of amides is 2.